The van der Waals surface area contributed by atoms with Crippen LogP contribution in [-0.4, -0.2) is 5.97 Å². The lowest BCUT2D eigenvalue weighted by Crippen LogP contribution is -2.21. The van der Waals surface area contributed by atoms with E-state index in [1.165, 1.54) is 0 Å². The van der Waals surface area contributed by atoms with Crippen molar-refractivity contribution in [3.8, 4) is 0 Å². The largest absolute Gasteiger partial charge is 0.454 e. The van der Waals surface area contributed by atoms with E-state index in [9.17, 15) is 4.79 Å². The summed E-state index contributed by atoms with van der Waals surface area (Å²) in [4.78, 5) is 11.9. The van der Waals surface area contributed by atoms with Crippen molar-refractivity contribution in [2.75, 3.05) is 0 Å². The first-order valence-corrected chi connectivity index (χ1v) is 6.16. The van der Waals surface area contributed by atoms with Crippen LogP contribution < -0.4 is 0 Å². The third-order valence-electron chi connectivity index (χ3n) is 3.13. The molecule has 3 heteroatoms. The predicted molar refractivity (Wildman–Crippen MR) is 69.8 cm³/mol. The molecule has 0 radical (unpaired) electrons. The highest BCUT2D eigenvalue weighted by Crippen LogP contribution is 2.30. The molecule has 1 aliphatic rings. The van der Waals surface area contributed by atoms with Crippen molar-refractivity contribution in [1.29, 1.82) is 0 Å². The van der Waals surface area contributed by atoms with E-state index in [0.29, 0.717) is 17.0 Å². The Morgan fingerprint density at radius 2 is 1.78 bits per heavy atom. The molecule has 1 heterocycles. The number of hydrogen-bond donors (Lipinski definition) is 0. The average Bonchev–Trinajstić information content (AvgIpc) is 2.39. The van der Waals surface area contributed by atoms with E-state index >= 15 is 0 Å². The molecule has 0 aromatic heterocycles. The Kier molecular flexibility index (Phi) is 2.80. The third-order valence-corrected chi connectivity index (χ3v) is 3.39. The Morgan fingerprint density at radius 3 is 2.56 bits per heavy atom. The molecule has 3 rings (SSSR count). The van der Waals surface area contributed by atoms with Gasteiger partial charge in [-0.1, -0.05) is 41.9 Å². The highest BCUT2D eigenvalue weighted by atomic mass is 35.5. The maximum Gasteiger partial charge on any atom is 0.339 e. The molecule has 0 bridgehead atoms. The first kappa shape index (κ1) is 11.3. The summed E-state index contributed by atoms with van der Waals surface area (Å²) in [7, 11) is 0. The highest BCUT2D eigenvalue weighted by Gasteiger charge is 2.26. The maximum atomic E-state index is 11.9. The van der Waals surface area contributed by atoms with Gasteiger partial charge >= 0.3 is 5.97 Å². The van der Waals surface area contributed by atoms with Crippen molar-refractivity contribution < 1.29 is 9.53 Å². The summed E-state index contributed by atoms with van der Waals surface area (Å²) in [5.41, 5.74) is 2.68. The van der Waals surface area contributed by atoms with Crippen molar-refractivity contribution in [3.05, 3.63) is 70.2 Å². The monoisotopic (exact) mass is 258 g/mol. The van der Waals surface area contributed by atoms with E-state index in [2.05, 4.69) is 0 Å². The molecule has 0 unspecified atom stereocenters. The smallest absolute Gasteiger partial charge is 0.339 e. The zero-order valence-corrected chi connectivity index (χ0v) is 10.4. The van der Waals surface area contributed by atoms with Crippen LogP contribution in [0.15, 0.2) is 48.5 Å². The Balaban J connectivity index is 1.94. The van der Waals surface area contributed by atoms with Gasteiger partial charge in [-0.2, -0.15) is 0 Å². The Labute approximate surface area is 110 Å². The van der Waals surface area contributed by atoms with Gasteiger partial charge in [-0.25, -0.2) is 4.79 Å². The molecular weight excluding hydrogens is 248 g/mol. The number of fused-ring (bicyclic) bond motifs is 1. The lowest BCUT2D eigenvalue weighted by molar-refractivity contribution is 0.0253. The molecule has 2 nitrogen and oxygen atoms in total. The first-order chi connectivity index (χ1) is 8.74. The van der Waals surface area contributed by atoms with Crippen LogP contribution in [0.1, 0.15) is 27.6 Å². The number of cyclic esters (lactones) is 1. The van der Waals surface area contributed by atoms with Gasteiger partial charge in [-0.05, 0) is 29.3 Å². The Hall–Kier alpha value is -1.80. The van der Waals surface area contributed by atoms with E-state index in [-0.39, 0.29) is 12.1 Å². The van der Waals surface area contributed by atoms with Crippen LogP contribution in [0.3, 0.4) is 0 Å². The summed E-state index contributed by atoms with van der Waals surface area (Å²) in [6, 6.07) is 15.0. The van der Waals surface area contributed by atoms with Crippen LogP contribution in [-0.2, 0) is 11.2 Å². The van der Waals surface area contributed by atoms with Gasteiger partial charge in [0.25, 0.3) is 0 Å². The topological polar surface area (TPSA) is 26.3 Å². The van der Waals surface area contributed by atoms with E-state index in [0.717, 1.165) is 11.1 Å². The SMILES string of the molecule is O=C1O[C@@H](c2ccc(Cl)cc2)Cc2ccccc21. The van der Waals surface area contributed by atoms with Crippen molar-refractivity contribution in [3.63, 3.8) is 0 Å². The lowest BCUT2D eigenvalue weighted by Gasteiger charge is -2.24. The summed E-state index contributed by atoms with van der Waals surface area (Å²) in [5, 5.41) is 0.682. The van der Waals surface area contributed by atoms with Gasteiger partial charge < -0.3 is 4.74 Å². The predicted octanol–water partition coefficient (Wildman–Crippen LogP) is 3.79. The molecule has 0 saturated heterocycles. The summed E-state index contributed by atoms with van der Waals surface area (Å²) in [6.07, 6.45) is 0.494. The second-order valence-electron chi connectivity index (χ2n) is 4.31. The number of carbonyl (C=O) groups excluding carboxylic acids is 1. The second kappa shape index (κ2) is 4.46. The number of esters is 1. The third kappa shape index (κ3) is 2.00. The van der Waals surface area contributed by atoms with Crippen LogP contribution in [0, 0.1) is 0 Å². The number of hydrogen-bond acceptors (Lipinski definition) is 2. The molecular formula is C15H11ClO2. The van der Waals surface area contributed by atoms with Crippen LogP contribution in [0.2, 0.25) is 5.02 Å². The number of ether oxygens (including phenoxy) is 1. The molecule has 0 fully saturated rings. The van der Waals surface area contributed by atoms with Crippen molar-refractivity contribution in [1.82, 2.24) is 0 Å². The summed E-state index contributed by atoms with van der Waals surface area (Å²) in [5.74, 6) is -0.253. The minimum atomic E-state index is -0.253. The maximum absolute atomic E-state index is 11.9. The normalized spacial score (nSPS) is 18.1. The minimum absolute atomic E-state index is 0.218. The Bertz CT molecular complexity index is 590. The lowest BCUT2D eigenvalue weighted by atomic mass is 9.95. The van der Waals surface area contributed by atoms with E-state index < -0.39 is 0 Å². The van der Waals surface area contributed by atoms with Gasteiger partial charge in [0.15, 0.2) is 0 Å². The van der Waals surface area contributed by atoms with Crippen LogP contribution >= 0.6 is 11.6 Å². The molecule has 0 saturated carbocycles. The summed E-state index contributed by atoms with van der Waals surface area (Å²) in [6.45, 7) is 0. The van der Waals surface area contributed by atoms with Crippen molar-refractivity contribution >= 4 is 17.6 Å². The second-order valence-corrected chi connectivity index (χ2v) is 4.74. The number of benzene rings is 2. The number of carbonyl (C=O) groups is 1. The van der Waals surface area contributed by atoms with Gasteiger partial charge in [-0.15, -0.1) is 0 Å². The number of halogens is 1. The van der Waals surface area contributed by atoms with Crippen LogP contribution in [0.25, 0.3) is 0 Å². The van der Waals surface area contributed by atoms with Gasteiger partial charge in [0.05, 0.1) is 5.56 Å². The van der Waals surface area contributed by atoms with E-state index in [1.54, 1.807) is 6.07 Å². The number of rotatable bonds is 1. The molecule has 0 aliphatic carbocycles. The van der Waals surface area contributed by atoms with Gasteiger partial charge in [0.1, 0.15) is 6.10 Å². The molecule has 0 spiro atoms. The molecule has 2 aromatic carbocycles. The van der Waals surface area contributed by atoms with Crippen LogP contribution in [0.4, 0.5) is 0 Å². The summed E-state index contributed by atoms with van der Waals surface area (Å²) >= 11 is 5.85. The zero-order chi connectivity index (χ0) is 12.5. The zero-order valence-electron chi connectivity index (χ0n) is 9.60. The van der Waals surface area contributed by atoms with Gasteiger partial charge in [0.2, 0.25) is 0 Å². The van der Waals surface area contributed by atoms with E-state index in [1.807, 2.05) is 42.5 Å². The van der Waals surface area contributed by atoms with Crippen molar-refractivity contribution in [2.24, 2.45) is 0 Å². The molecule has 0 N–H and O–H groups in total. The highest BCUT2D eigenvalue weighted by molar-refractivity contribution is 6.30. The molecule has 0 amide bonds. The summed E-state index contributed by atoms with van der Waals surface area (Å²) < 4.78 is 5.46. The van der Waals surface area contributed by atoms with Gasteiger partial charge in [-0.3, -0.25) is 0 Å². The first-order valence-electron chi connectivity index (χ1n) is 5.78. The minimum Gasteiger partial charge on any atom is -0.454 e. The standard InChI is InChI=1S/C15H11ClO2/c16-12-7-5-10(6-8-12)14-9-11-3-1-2-4-13(11)15(17)18-14/h1-8,14H,9H2/t14-/m1/s1. The van der Waals surface area contributed by atoms with Gasteiger partial charge in [0, 0.05) is 11.4 Å². The molecule has 1 atom stereocenters. The average molecular weight is 259 g/mol. The van der Waals surface area contributed by atoms with E-state index in [4.69, 9.17) is 16.3 Å². The fourth-order valence-corrected chi connectivity index (χ4v) is 2.32. The molecule has 90 valence electrons. The quantitative estimate of drug-likeness (QED) is 0.728. The van der Waals surface area contributed by atoms with Crippen LogP contribution in [0.5, 0.6) is 0 Å². The molecule has 18 heavy (non-hydrogen) atoms. The molecule has 1 aliphatic heterocycles. The Morgan fingerprint density at radius 1 is 1.06 bits per heavy atom. The van der Waals surface area contributed by atoms with Crippen molar-refractivity contribution in [2.45, 2.75) is 12.5 Å². The molecule has 2 aromatic rings. The fraction of sp³-hybridized carbons (Fsp3) is 0.133. The fourth-order valence-electron chi connectivity index (χ4n) is 2.19.